The van der Waals surface area contributed by atoms with Gasteiger partial charge in [-0.05, 0) is 85.8 Å². The highest BCUT2D eigenvalue weighted by molar-refractivity contribution is 5.99. The van der Waals surface area contributed by atoms with Gasteiger partial charge < -0.3 is 18.8 Å². The molecule has 7 heteroatoms. The van der Waals surface area contributed by atoms with Crippen molar-refractivity contribution in [1.82, 2.24) is 4.90 Å². The molecule has 0 spiro atoms. The maximum absolute atomic E-state index is 14.0. The molecule has 5 rings (SSSR count). The molecule has 1 aliphatic heterocycles. The summed E-state index contributed by atoms with van der Waals surface area (Å²) in [5.74, 6) is 0.438. The van der Waals surface area contributed by atoms with E-state index < -0.39 is 11.9 Å². The highest BCUT2D eigenvalue weighted by atomic mass is 19.1. The second-order valence-corrected chi connectivity index (χ2v) is 9.91. The van der Waals surface area contributed by atoms with Gasteiger partial charge >= 0.3 is 0 Å². The lowest BCUT2D eigenvalue weighted by atomic mass is 9.97. The summed E-state index contributed by atoms with van der Waals surface area (Å²) in [7, 11) is 0. The van der Waals surface area contributed by atoms with Crippen LogP contribution in [0.2, 0.25) is 0 Å². The first-order valence-corrected chi connectivity index (χ1v) is 13.3. The molecule has 6 nitrogen and oxygen atoms in total. The summed E-state index contributed by atoms with van der Waals surface area (Å²) >= 11 is 0. The lowest BCUT2D eigenvalue weighted by Crippen LogP contribution is -2.29. The van der Waals surface area contributed by atoms with E-state index >= 15 is 0 Å². The van der Waals surface area contributed by atoms with Crippen LogP contribution in [0.5, 0.6) is 11.5 Å². The third-order valence-electron chi connectivity index (χ3n) is 7.19. The Balaban J connectivity index is 1.67. The number of fused-ring (bicyclic) bond motifs is 2. The van der Waals surface area contributed by atoms with E-state index in [4.69, 9.17) is 13.9 Å². The van der Waals surface area contributed by atoms with Crippen molar-refractivity contribution in [1.29, 1.82) is 0 Å². The van der Waals surface area contributed by atoms with Gasteiger partial charge in [-0.25, -0.2) is 4.39 Å². The largest absolute Gasteiger partial charge is 0.490 e. The van der Waals surface area contributed by atoms with Crippen molar-refractivity contribution in [3.8, 4) is 11.5 Å². The summed E-state index contributed by atoms with van der Waals surface area (Å²) in [6.07, 6.45) is 1.92. The van der Waals surface area contributed by atoms with Crippen LogP contribution in [0, 0.1) is 19.7 Å². The maximum atomic E-state index is 14.0. The molecule has 0 fully saturated rings. The van der Waals surface area contributed by atoms with Crippen LogP contribution in [-0.2, 0) is 6.54 Å². The lowest BCUT2D eigenvalue weighted by molar-refractivity contribution is 0.0714. The predicted octanol–water partition coefficient (Wildman–Crippen LogP) is 6.87. The van der Waals surface area contributed by atoms with Crippen molar-refractivity contribution < 1.29 is 23.1 Å². The summed E-state index contributed by atoms with van der Waals surface area (Å²) in [4.78, 5) is 29.4. The Bertz CT molecular complexity index is 1590. The Morgan fingerprint density at radius 1 is 0.923 bits per heavy atom. The van der Waals surface area contributed by atoms with E-state index in [2.05, 4.69) is 6.92 Å². The zero-order valence-electron chi connectivity index (χ0n) is 22.7. The molecule has 0 N–H and O–H groups in total. The number of hydrogen-bond acceptors (Lipinski definition) is 5. The Morgan fingerprint density at radius 3 is 2.38 bits per heavy atom. The van der Waals surface area contributed by atoms with E-state index in [0.29, 0.717) is 46.8 Å². The molecule has 39 heavy (non-hydrogen) atoms. The van der Waals surface area contributed by atoms with Crippen molar-refractivity contribution in [2.75, 3.05) is 13.2 Å². The van der Waals surface area contributed by atoms with Gasteiger partial charge in [-0.2, -0.15) is 0 Å². The van der Waals surface area contributed by atoms with E-state index in [1.165, 1.54) is 12.1 Å². The topological polar surface area (TPSA) is 69.0 Å². The first kappa shape index (κ1) is 26.5. The fourth-order valence-electron chi connectivity index (χ4n) is 4.98. The number of ether oxygens (including phenoxy) is 2. The van der Waals surface area contributed by atoms with Crippen LogP contribution in [-0.4, -0.2) is 24.0 Å². The molecule has 0 radical (unpaired) electrons. The van der Waals surface area contributed by atoms with E-state index in [1.54, 1.807) is 23.1 Å². The van der Waals surface area contributed by atoms with Crippen molar-refractivity contribution in [3.05, 3.63) is 104 Å². The molecule has 0 aliphatic carbocycles. The number of halogens is 1. The Morgan fingerprint density at radius 2 is 1.67 bits per heavy atom. The number of carbonyl (C=O) groups is 1. The Kier molecular flexibility index (Phi) is 7.42. The highest BCUT2D eigenvalue weighted by Crippen LogP contribution is 2.42. The average molecular weight is 530 g/mol. The zero-order chi connectivity index (χ0) is 27.7. The summed E-state index contributed by atoms with van der Waals surface area (Å²) < 4.78 is 31.6. The van der Waals surface area contributed by atoms with Gasteiger partial charge in [0.25, 0.3) is 5.91 Å². The molecule has 4 aromatic rings. The number of nitrogens with zero attached hydrogens (tertiary/aromatic N) is 1. The number of unbranched alkanes of at least 4 members (excludes halogenated alkanes) is 1. The number of aryl methyl sites for hydroxylation is 2. The second kappa shape index (κ2) is 10.9. The van der Waals surface area contributed by atoms with Crippen LogP contribution in [0.1, 0.15) is 71.1 Å². The van der Waals surface area contributed by atoms with Gasteiger partial charge in [-0.15, -0.1) is 0 Å². The first-order valence-electron chi connectivity index (χ1n) is 13.3. The molecule has 1 unspecified atom stereocenters. The smallest absolute Gasteiger partial charge is 0.291 e. The van der Waals surface area contributed by atoms with Crippen molar-refractivity contribution in [2.45, 2.75) is 53.1 Å². The number of amides is 1. The van der Waals surface area contributed by atoms with Gasteiger partial charge in [-0.3, -0.25) is 9.59 Å². The minimum atomic E-state index is -0.719. The third kappa shape index (κ3) is 5.01. The van der Waals surface area contributed by atoms with Crippen LogP contribution < -0.4 is 14.9 Å². The number of hydrogen-bond donors (Lipinski definition) is 0. The fourth-order valence-corrected chi connectivity index (χ4v) is 4.98. The van der Waals surface area contributed by atoms with Crippen LogP contribution in [0.25, 0.3) is 11.0 Å². The van der Waals surface area contributed by atoms with Gasteiger partial charge in [-0.1, -0.05) is 31.5 Å². The highest BCUT2D eigenvalue weighted by Gasteiger charge is 2.43. The molecule has 3 aromatic carbocycles. The van der Waals surface area contributed by atoms with E-state index in [-0.39, 0.29) is 23.6 Å². The predicted molar refractivity (Wildman–Crippen MR) is 148 cm³/mol. The number of benzene rings is 3. The average Bonchev–Trinajstić information content (AvgIpc) is 3.19. The molecule has 1 amide bonds. The quantitative estimate of drug-likeness (QED) is 0.221. The van der Waals surface area contributed by atoms with Gasteiger partial charge in [0.2, 0.25) is 5.76 Å². The summed E-state index contributed by atoms with van der Waals surface area (Å²) in [5, 5.41) is 0.433. The summed E-state index contributed by atoms with van der Waals surface area (Å²) in [6, 6.07) is 14.4. The zero-order valence-corrected chi connectivity index (χ0v) is 22.7. The van der Waals surface area contributed by atoms with E-state index in [9.17, 15) is 14.0 Å². The van der Waals surface area contributed by atoms with E-state index in [1.807, 2.05) is 45.0 Å². The van der Waals surface area contributed by atoms with Crippen LogP contribution in [0.3, 0.4) is 0 Å². The van der Waals surface area contributed by atoms with Crippen molar-refractivity contribution in [3.63, 3.8) is 0 Å². The molecule has 0 saturated heterocycles. The molecule has 202 valence electrons. The van der Waals surface area contributed by atoms with Gasteiger partial charge in [0.15, 0.2) is 16.9 Å². The number of rotatable bonds is 9. The summed E-state index contributed by atoms with van der Waals surface area (Å²) in [5.41, 5.74) is 3.80. The molecular weight excluding hydrogens is 497 g/mol. The normalized spacial score (nSPS) is 14.6. The van der Waals surface area contributed by atoms with E-state index in [0.717, 1.165) is 29.5 Å². The maximum Gasteiger partial charge on any atom is 0.291 e. The second-order valence-electron chi connectivity index (χ2n) is 9.91. The Hall–Kier alpha value is -4.13. The molecule has 0 saturated carbocycles. The number of carbonyl (C=O) groups excluding carboxylic acids is 1. The van der Waals surface area contributed by atoms with Crippen molar-refractivity contribution >= 4 is 16.9 Å². The minimum absolute atomic E-state index is 0.0316. The van der Waals surface area contributed by atoms with Crippen molar-refractivity contribution in [2.24, 2.45) is 0 Å². The third-order valence-corrected chi connectivity index (χ3v) is 7.19. The monoisotopic (exact) mass is 529 g/mol. The van der Waals surface area contributed by atoms with Crippen LogP contribution in [0.15, 0.2) is 63.8 Å². The SMILES string of the molecule is CCCCOc1ccc(C2c3c(oc4cc(C)c(C)cc4c3=O)C(=O)N2Cc2ccc(F)cc2)cc1OCC. The van der Waals surface area contributed by atoms with Gasteiger partial charge in [0, 0.05) is 6.54 Å². The Labute approximate surface area is 227 Å². The molecule has 1 atom stereocenters. The lowest BCUT2D eigenvalue weighted by Gasteiger charge is -2.26. The van der Waals surface area contributed by atoms with Crippen LogP contribution in [0.4, 0.5) is 4.39 Å². The fraction of sp³-hybridized carbons (Fsp3) is 0.312. The first-order chi connectivity index (χ1) is 18.8. The molecule has 1 aliphatic rings. The standard InChI is InChI=1S/C32H32FNO5/c1-5-7-14-38-25-13-10-22(17-27(25)37-6-2)29-28-30(35)24-15-19(3)20(4)16-26(24)39-31(28)32(36)34(29)18-21-8-11-23(33)12-9-21/h8-13,15-17,29H,5-7,14,18H2,1-4H3. The molecule has 1 aromatic heterocycles. The molecular formula is C32H32FNO5. The van der Waals surface area contributed by atoms with Gasteiger partial charge in [0.1, 0.15) is 11.4 Å². The summed E-state index contributed by atoms with van der Waals surface area (Å²) in [6.45, 7) is 9.02. The van der Waals surface area contributed by atoms with Crippen LogP contribution >= 0.6 is 0 Å². The molecule has 0 bridgehead atoms. The van der Waals surface area contributed by atoms with Gasteiger partial charge in [0.05, 0.1) is 30.2 Å². The molecule has 2 heterocycles. The minimum Gasteiger partial charge on any atom is -0.490 e.